The molecule has 2 nitrogen and oxygen atoms in total. The normalized spacial score (nSPS) is 10.5. The van der Waals surface area contributed by atoms with Crippen LogP contribution in [0.15, 0.2) is 67.4 Å². The average Bonchev–Trinajstić information content (AvgIpc) is 2.44. The number of hydrogen-bond acceptors (Lipinski definition) is 2. The molecule has 0 aliphatic carbocycles. The predicted octanol–water partition coefficient (Wildman–Crippen LogP) is 4.29. The summed E-state index contributed by atoms with van der Waals surface area (Å²) < 4.78 is 4.97. The van der Waals surface area contributed by atoms with Gasteiger partial charge in [-0.05, 0) is 27.6 Å². The topological polar surface area (TPSA) is 26.3 Å². The summed E-state index contributed by atoms with van der Waals surface area (Å²) in [4.78, 5) is 12.2. The lowest BCUT2D eigenvalue weighted by molar-refractivity contribution is 0.0668. The molecule has 3 aromatic rings. The van der Waals surface area contributed by atoms with Gasteiger partial charge in [0.15, 0.2) is 0 Å². The summed E-state index contributed by atoms with van der Waals surface area (Å²) >= 11 is 0. The minimum Gasteiger partial charge on any atom is -0.431 e. The molecule has 0 aliphatic rings. The van der Waals surface area contributed by atoms with Crippen LogP contribution in [0.25, 0.3) is 21.5 Å². The minimum absolute atomic E-state index is 0.372. The molecule has 0 aliphatic heterocycles. The van der Waals surface area contributed by atoms with E-state index >= 15 is 0 Å². The molecule has 0 aromatic heterocycles. The van der Waals surface area contributed by atoms with Crippen molar-refractivity contribution in [3.8, 4) is 0 Å². The van der Waals surface area contributed by atoms with Gasteiger partial charge in [0.05, 0.1) is 11.8 Å². The summed E-state index contributed by atoms with van der Waals surface area (Å²) in [6, 6.07) is 17.7. The van der Waals surface area contributed by atoms with Gasteiger partial charge in [0.25, 0.3) is 0 Å². The van der Waals surface area contributed by atoms with E-state index in [2.05, 4.69) is 12.6 Å². The SMILES string of the molecule is C=COC(=O)c1c2ccccc2cc2ccccc12. The van der Waals surface area contributed by atoms with Gasteiger partial charge in [-0.1, -0.05) is 55.1 Å². The minimum atomic E-state index is -0.372. The first-order valence-corrected chi connectivity index (χ1v) is 6.03. The van der Waals surface area contributed by atoms with Gasteiger partial charge in [-0.25, -0.2) is 4.79 Å². The summed E-state index contributed by atoms with van der Waals surface area (Å²) in [5, 5.41) is 3.84. The number of carbonyl (C=O) groups excluding carboxylic acids is 1. The Morgan fingerprint density at radius 3 is 2.00 bits per heavy atom. The molecule has 0 N–H and O–H groups in total. The summed E-state index contributed by atoms with van der Waals surface area (Å²) in [7, 11) is 0. The third kappa shape index (κ3) is 1.87. The monoisotopic (exact) mass is 248 g/mol. The van der Waals surface area contributed by atoms with Crippen LogP contribution in [0.2, 0.25) is 0 Å². The van der Waals surface area contributed by atoms with Gasteiger partial charge in [-0.3, -0.25) is 0 Å². The molecule has 0 saturated carbocycles. The second-order valence-electron chi connectivity index (χ2n) is 4.27. The lowest BCUT2D eigenvalue weighted by Gasteiger charge is -2.09. The second kappa shape index (κ2) is 4.58. The van der Waals surface area contributed by atoms with Gasteiger partial charge < -0.3 is 4.74 Å². The largest absolute Gasteiger partial charge is 0.431 e. The molecule has 0 fully saturated rings. The van der Waals surface area contributed by atoms with Crippen molar-refractivity contribution < 1.29 is 9.53 Å². The molecule has 92 valence electrons. The standard InChI is InChI=1S/C17H12O2/c1-2-19-17(18)16-14-9-5-3-7-12(14)11-13-8-4-6-10-15(13)16/h2-11H,1H2. The second-order valence-corrected chi connectivity index (χ2v) is 4.27. The zero-order chi connectivity index (χ0) is 13.2. The predicted molar refractivity (Wildman–Crippen MR) is 77.1 cm³/mol. The summed E-state index contributed by atoms with van der Waals surface area (Å²) in [5.74, 6) is -0.372. The van der Waals surface area contributed by atoms with Gasteiger partial charge in [0.1, 0.15) is 0 Å². The highest BCUT2D eigenvalue weighted by molar-refractivity contribution is 6.16. The van der Waals surface area contributed by atoms with Crippen molar-refractivity contribution in [2.75, 3.05) is 0 Å². The highest BCUT2D eigenvalue weighted by Crippen LogP contribution is 2.28. The van der Waals surface area contributed by atoms with Crippen LogP contribution in [0.4, 0.5) is 0 Å². The van der Waals surface area contributed by atoms with Crippen LogP contribution in [0.3, 0.4) is 0 Å². The van der Waals surface area contributed by atoms with E-state index in [1.807, 2.05) is 48.5 Å². The third-order valence-electron chi connectivity index (χ3n) is 3.17. The van der Waals surface area contributed by atoms with E-state index < -0.39 is 0 Å². The number of rotatable bonds is 2. The smallest absolute Gasteiger partial charge is 0.344 e. The molecule has 0 unspecified atom stereocenters. The van der Waals surface area contributed by atoms with Gasteiger partial charge >= 0.3 is 5.97 Å². The Morgan fingerprint density at radius 1 is 0.947 bits per heavy atom. The quantitative estimate of drug-likeness (QED) is 0.384. The van der Waals surface area contributed by atoms with Gasteiger partial charge in [-0.15, -0.1) is 0 Å². The fraction of sp³-hybridized carbons (Fsp3) is 0. The fourth-order valence-corrected chi connectivity index (χ4v) is 2.37. The van der Waals surface area contributed by atoms with Crippen molar-refractivity contribution in [3.63, 3.8) is 0 Å². The van der Waals surface area contributed by atoms with E-state index in [-0.39, 0.29) is 5.97 Å². The van der Waals surface area contributed by atoms with E-state index in [0.717, 1.165) is 21.5 Å². The number of ether oxygens (including phenoxy) is 1. The van der Waals surface area contributed by atoms with E-state index in [9.17, 15) is 4.79 Å². The number of fused-ring (bicyclic) bond motifs is 2. The summed E-state index contributed by atoms with van der Waals surface area (Å²) in [6.45, 7) is 3.44. The van der Waals surface area contributed by atoms with Crippen LogP contribution in [-0.4, -0.2) is 5.97 Å². The summed E-state index contributed by atoms with van der Waals surface area (Å²) in [5.41, 5.74) is 0.591. The molecule has 0 spiro atoms. The maximum atomic E-state index is 12.2. The lowest BCUT2D eigenvalue weighted by atomic mass is 9.97. The molecule has 0 saturated heterocycles. The van der Waals surface area contributed by atoms with Gasteiger partial charge in [0, 0.05) is 0 Å². The number of hydrogen-bond donors (Lipinski definition) is 0. The molecule has 0 amide bonds. The van der Waals surface area contributed by atoms with Crippen LogP contribution in [-0.2, 0) is 4.74 Å². The highest BCUT2D eigenvalue weighted by atomic mass is 16.5. The summed E-state index contributed by atoms with van der Waals surface area (Å²) in [6.07, 6.45) is 1.17. The number of esters is 1. The molecule has 2 heteroatoms. The lowest BCUT2D eigenvalue weighted by Crippen LogP contribution is -2.02. The van der Waals surface area contributed by atoms with Crippen molar-refractivity contribution in [3.05, 3.63) is 73.0 Å². The fourth-order valence-electron chi connectivity index (χ4n) is 2.37. The average molecular weight is 248 g/mol. The highest BCUT2D eigenvalue weighted by Gasteiger charge is 2.15. The van der Waals surface area contributed by atoms with Crippen molar-refractivity contribution >= 4 is 27.5 Å². The maximum absolute atomic E-state index is 12.2. The molecule has 19 heavy (non-hydrogen) atoms. The molecule has 0 atom stereocenters. The van der Waals surface area contributed by atoms with Crippen LogP contribution < -0.4 is 0 Å². The maximum Gasteiger partial charge on any atom is 0.344 e. The van der Waals surface area contributed by atoms with E-state index in [1.54, 1.807) is 0 Å². The molecule has 3 aromatic carbocycles. The third-order valence-corrected chi connectivity index (χ3v) is 3.17. The zero-order valence-corrected chi connectivity index (χ0v) is 10.3. The molecule has 0 heterocycles. The van der Waals surface area contributed by atoms with Crippen molar-refractivity contribution in [1.29, 1.82) is 0 Å². The Morgan fingerprint density at radius 2 is 1.47 bits per heavy atom. The van der Waals surface area contributed by atoms with Crippen molar-refractivity contribution in [2.24, 2.45) is 0 Å². The Kier molecular flexibility index (Phi) is 2.76. The Balaban J connectivity index is 2.46. The molecule has 3 rings (SSSR count). The van der Waals surface area contributed by atoms with Crippen LogP contribution in [0.1, 0.15) is 10.4 Å². The number of carbonyl (C=O) groups is 1. The Labute approximate surface area is 110 Å². The molecule has 0 bridgehead atoms. The van der Waals surface area contributed by atoms with E-state index in [4.69, 9.17) is 4.74 Å². The first kappa shape index (κ1) is 11.5. The van der Waals surface area contributed by atoms with Crippen LogP contribution >= 0.6 is 0 Å². The van der Waals surface area contributed by atoms with Crippen LogP contribution in [0.5, 0.6) is 0 Å². The van der Waals surface area contributed by atoms with Gasteiger partial charge in [-0.2, -0.15) is 0 Å². The molecular weight excluding hydrogens is 236 g/mol. The first-order chi connectivity index (χ1) is 9.31. The Hall–Kier alpha value is -2.61. The molecule has 0 radical (unpaired) electrons. The number of benzene rings is 3. The van der Waals surface area contributed by atoms with E-state index in [0.29, 0.717) is 5.56 Å². The van der Waals surface area contributed by atoms with Crippen LogP contribution in [0, 0.1) is 0 Å². The first-order valence-electron chi connectivity index (χ1n) is 6.03. The molecular formula is C17H12O2. The van der Waals surface area contributed by atoms with Gasteiger partial charge in [0.2, 0.25) is 0 Å². The van der Waals surface area contributed by atoms with Crippen molar-refractivity contribution in [1.82, 2.24) is 0 Å². The Bertz CT molecular complexity index is 733. The van der Waals surface area contributed by atoms with E-state index in [1.165, 1.54) is 6.26 Å². The van der Waals surface area contributed by atoms with Crippen molar-refractivity contribution in [2.45, 2.75) is 0 Å². The zero-order valence-electron chi connectivity index (χ0n) is 10.3.